The van der Waals surface area contributed by atoms with E-state index in [9.17, 15) is 9.18 Å². The first-order valence-electron chi connectivity index (χ1n) is 5.78. The van der Waals surface area contributed by atoms with Crippen molar-refractivity contribution in [1.82, 2.24) is 9.78 Å². The summed E-state index contributed by atoms with van der Waals surface area (Å²) in [6.07, 6.45) is 1.30. The molecule has 1 aromatic heterocycles. The molecular weight excluding hydrogens is 251 g/mol. The molecule has 5 nitrogen and oxygen atoms in total. The Hall–Kier alpha value is -2.37. The van der Waals surface area contributed by atoms with Gasteiger partial charge in [-0.1, -0.05) is 0 Å². The second-order valence-electron chi connectivity index (χ2n) is 3.87. The van der Waals surface area contributed by atoms with Gasteiger partial charge in [0.15, 0.2) is 0 Å². The smallest absolute Gasteiger partial charge is 0.339 e. The average Bonchev–Trinajstić information content (AvgIpc) is 2.81. The fourth-order valence-corrected chi connectivity index (χ4v) is 1.70. The Labute approximate surface area is 109 Å². The molecule has 0 bridgehead atoms. The second kappa shape index (κ2) is 5.51. The number of hydrogen-bond donors (Lipinski definition) is 1. The molecular formula is C13H13FN2O3. The van der Waals surface area contributed by atoms with E-state index in [1.807, 2.05) is 6.92 Å². The third kappa shape index (κ3) is 2.90. The quantitative estimate of drug-likeness (QED) is 0.900. The second-order valence-corrected chi connectivity index (χ2v) is 3.87. The molecule has 0 saturated carbocycles. The zero-order valence-corrected chi connectivity index (χ0v) is 10.3. The molecule has 0 amide bonds. The molecule has 1 N–H and O–H groups in total. The Balaban J connectivity index is 2.16. The first-order valence-corrected chi connectivity index (χ1v) is 5.78. The van der Waals surface area contributed by atoms with Crippen LogP contribution in [0.3, 0.4) is 0 Å². The summed E-state index contributed by atoms with van der Waals surface area (Å²) in [5.74, 6) is -0.920. The van der Waals surface area contributed by atoms with Crippen LogP contribution in [0.4, 0.5) is 4.39 Å². The average molecular weight is 264 g/mol. The lowest BCUT2D eigenvalue weighted by molar-refractivity contribution is 0.0693. The van der Waals surface area contributed by atoms with Crippen molar-refractivity contribution in [2.24, 2.45) is 0 Å². The summed E-state index contributed by atoms with van der Waals surface area (Å²) in [5, 5.41) is 13.0. The number of aryl methyl sites for hydroxylation is 1. The number of halogens is 1. The Bertz CT molecular complexity index is 578. The minimum atomic E-state index is -1.04. The highest BCUT2D eigenvalue weighted by Gasteiger charge is 2.16. The molecule has 0 atom stereocenters. The molecule has 0 aliphatic heterocycles. The fraction of sp³-hybridized carbons (Fsp3) is 0.231. The molecule has 0 radical (unpaired) electrons. The van der Waals surface area contributed by atoms with Gasteiger partial charge in [-0.25, -0.2) is 9.18 Å². The maximum atomic E-state index is 12.7. The van der Waals surface area contributed by atoms with E-state index in [-0.39, 0.29) is 18.0 Å². The van der Waals surface area contributed by atoms with Gasteiger partial charge in [-0.3, -0.25) is 4.68 Å². The summed E-state index contributed by atoms with van der Waals surface area (Å²) in [7, 11) is 0. The van der Waals surface area contributed by atoms with Crippen LogP contribution in [0.1, 0.15) is 23.0 Å². The summed E-state index contributed by atoms with van der Waals surface area (Å²) in [5.41, 5.74) is 0.600. The molecule has 19 heavy (non-hydrogen) atoms. The Morgan fingerprint density at radius 1 is 1.42 bits per heavy atom. The lowest BCUT2D eigenvalue weighted by atomic mass is 10.2. The van der Waals surface area contributed by atoms with E-state index in [4.69, 9.17) is 9.84 Å². The molecule has 6 heteroatoms. The van der Waals surface area contributed by atoms with Crippen LogP contribution in [-0.2, 0) is 13.2 Å². The Kier molecular flexibility index (Phi) is 3.79. The molecule has 0 fully saturated rings. The minimum Gasteiger partial charge on any atom is -0.487 e. The van der Waals surface area contributed by atoms with E-state index in [1.54, 1.807) is 4.68 Å². The van der Waals surface area contributed by atoms with Gasteiger partial charge in [0.2, 0.25) is 0 Å². The first kappa shape index (κ1) is 13.1. The van der Waals surface area contributed by atoms with Gasteiger partial charge in [0.1, 0.15) is 23.7 Å². The summed E-state index contributed by atoms with van der Waals surface area (Å²) in [6.45, 7) is 2.48. The topological polar surface area (TPSA) is 64.4 Å². The lowest BCUT2D eigenvalue weighted by Crippen LogP contribution is -2.10. The summed E-state index contributed by atoms with van der Waals surface area (Å²) < 4.78 is 19.8. The van der Waals surface area contributed by atoms with Crippen molar-refractivity contribution in [3.05, 3.63) is 47.5 Å². The molecule has 1 heterocycles. The number of rotatable bonds is 5. The lowest BCUT2D eigenvalue weighted by Gasteiger charge is -2.08. The monoisotopic (exact) mass is 264 g/mol. The predicted octanol–water partition coefficient (Wildman–Crippen LogP) is 2.32. The third-order valence-corrected chi connectivity index (χ3v) is 2.67. The van der Waals surface area contributed by atoms with Crippen LogP contribution in [0.2, 0.25) is 0 Å². The fourth-order valence-electron chi connectivity index (χ4n) is 1.70. The first-order chi connectivity index (χ1) is 9.11. The zero-order valence-electron chi connectivity index (χ0n) is 10.3. The van der Waals surface area contributed by atoms with Crippen molar-refractivity contribution in [2.75, 3.05) is 0 Å². The number of carboxylic acid groups (broad SMARTS) is 1. The third-order valence-electron chi connectivity index (χ3n) is 2.67. The van der Waals surface area contributed by atoms with E-state index in [0.29, 0.717) is 18.0 Å². The molecule has 2 aromatic rings. The normalized spacial score (nSPS) is 10.4. The van der Waals surface area contributed by atoms with Crippen LogP contribution >= 0.6 is 0 Å². The Morgan fingerprint density at radius 2 is 2.11 bits per heavy atom. The largest absolute Gasteiger partial charge is 0.487 e. The van der Waals surface area contributed by atoms with Crippen LogP contribution in [0, 0.1) is 5.82 Å². The highest BCUT2D eigenvalue weighted by Crippen LogP contribution is 2.16. The van der Waals surface area contributed by atoms with E-state index >= 15 is 0 Å². The number of benzene rings is 1. The maximum absolute atomic E-state index is 12.7. The van der Waals surface area contributed by atoms with Gasteiger partial charge in [-0.05, 0) is 31.2 Å². The van der Waals surface area contributed by atoms with Crippen LogP contribution in [-0.4, -0.2) is 20.9 Å². The van der Waals surface area contributed by atoms with Crippen molar-refractivity contribution in [3.8, 4) is 5.75 Å². The van der Waals surface area contributed by atoms with Crippen LogP contribution in [0.25, 0.3) is 0 Å². The van der Waals surface area contributed by atoms with E-state index < -0.39 is 5.97 Å². The van der Waals surface area contributed by atoms with Crippen molar-refractivity contribution in [2.45, 2.75) is 20.1 Å². The van der Waals surface area contributed by atoms with Crippen molar-refractivity contribution < 1.29 is 19.0 Å². The van der Waals surface area contributed by atoms with E-state index in [1.165, 1.54) is 30.5 Å². The molecule has 0 unspecified atom stereocenters. The number of aromatic nitrogens is 2. The molecule has 0 spiro atoms. The van der Waals surface area contributed by atoms with Gasteiger partial charge in [0.25, 0.3) is 0 Å². The predicted molar refractivity (Wildman–Crippen MR) is 65.6 cm³/mol. The molecule has 0 aliphatic carbocycles. The van der Waals surface area contributed by atoms with Gasteiger partial charge in [0.05, 0.1) is 11.9 Å². The SMILES string of the molecule is CCn1ncc(C(=O)O)c1COc1ccc(F)cc1. The van der Waals surface area contributed by atoms with Gasteiger partial charge < -0.3 is 9.84 Å². The van der Waals surface area contributed by atoms with Gasteiger partial charge in [-0.2, -0.15) is 5.10 Å². The van der Waals surface area contributed by atoms with Gasteiger partial charge in [-0.15, -0.1) is 0 Å². The summed E-state index contributed by atoms with van der Waals surface area (Å²) >= 11 is 0. The molecule has 0 saturated heterocycles. The van der Waals surface area contributed by atoms with Crippen molar-refractivity contribution >= 4 is 5.97 Å². The molecule has 100 valence electrons. The highest BCUT2D eigenvalue weighted by molar-refractivity contribution is 5.88. The van der Waals surface area contributed by atoms with Crippen molar-refractivity contribution in [3.63, 3.8) is 0 Å². The zero-order chi connectivity index (χ0) is 13.8. The van der Waals surface area contributed by atoms with Crippen LogP contribution < -0.4 is 4.74 Å². The molecule has 0 aliphatic rings. The number of aromatic carboxylic acids is 1. The van der Waals surface area contributed by atoms with E-state index in [2.05, 4.69) is 5.10 Å². The van der Waals surface area contributed by atoms with Crippen molar-refractivity contribution in [1.29, 1.82) is 0 Å². The number of hydrogen-bond acceptors (Lipinski definition) is 3. The van der Waals surface area contributed by atoms with Gasteiger partial charge >= 0.3 is 5.97 Å². The molecule has 1 aromatic carbocycles. The Morgan fingerprint density at radius 3 is 2.68 bits per heavy atom. The standard InChI is InChI=1S/C13H13FN2O3/c1-2-16-12(11(7-15-16)13(17)18)8-19-10-5-3-9(14)4-6-10/h3-7H,2,8H2,1H3,(H,17,18). The highest BCUT2D eigenvalue weighted by atomic mass is 19.1. The summed E-state index contributed by atoms with van der Waals surface area (Å²) in [4.78, 5) is 11.0. The summed E-state index contributed by atoms with van der Waals surface area (Å²) in [6, 6.07) is 5.54. The number of carboxylic acids is 1. The number of carbonyl (C=O) groups is 1. The maximum Gasteiger partial charge on any atom is 0.339 e. The van der Waals surface area contributed by atoms with E-state index in [0.717, 1.165) is 0 Å². The number of ether oxygens (including phenoxy) is 1. The molecule has 2 rings (SSSR count). The van der Waals surface area contributed by atoms with Crippen LogP contribution in [0.15, 0.2) is 30.5 Å². The minimum absolute atomic E-state index is 0.0705. The van der Waals surface area contributed by atoms with Gasteiger partial charge in [0, 0.05) is 6.54 Å². The number of nitrogens with zero attached hydrogens (tertiary/aromatic N) is 2. The van der Waals surface area contributed by atoms with Crippen LogP contribution in [0.5, 0.6) is 5.75 Å².